The molecule has 2 fully saturated rings. The van der Waals surface area contributed by atoms with E-state index in [2.05, 4.69) is 104 Å². The van der Waals surface area contributed by atoms with E-state index in [0.717, 1.165) is 72.6 Å². The Morgan fingerprint density at radius 3 is 2.14 bits per heavy atom. The lowest BCUT2D eigenvalue weighted by Crippen LogP contribution is -2.67. The first-order chi connectivity index (χ1) is 24.7. The van der Waals surface area contributed by atoms with Crippen molar-refractivity contribution in [1.82, 2.24) is 10.1 Å². The van der Waals surface area contributed by atoms with Crippen molar-refractivity contribution in [3.05, 3.63) is 119 Å². The van der Waals surface area contributed by atoms with Crippen LogP contribution in [0.2, 0.25) is 5.04 Å². The molecule has 0 bridgehead atoms. The third-order valence-electron chi connectivity index (χ3n) is 11.4. The second kappa shape index (κ2) is 14.8. The Hall–Kier alpha value is -4.22. The summed E-state index contributed by atoms with van der Waals surface area (Å²) in [7, 11) is -2.53. The lowest BCUT2D eigenvalue weighted by atomic mass is 9.90. The number of hydrogen-bond donors (Lipinski definition) is 0. The number of aromatic nitrogens is 1. The summed E-state index contributed by atoms with van der Waals surface area (Å²) in [5, 5.41) is 17.4. The van der Waals surface area contributed by atoms with Gasteiger partial charge in [0, 0.05) is 29.5 Å². The van der Waals surface area contributed by atoms with Gasteiger partial charge in [0.05, 0.1) is 17.3 Å². The molecule has 1 aliphatic heterocycles. The van der Waals surface area contributed by atoms with E-state index in [-0.39, 0.29) is 10.5 Å². The summed E-state index contributed by atoms with van der Waals surface area (Å²) in [5.41, 5.74) is 4.77. The van der Waals surface area contributed by atoms with Crippen molar-refractivity contribution >= 4 is 29.7 Å². The third-order valence-corrected chi connectivity index (χ3v) is 16.4. The second-order valence-electron chi connectivity index (χ2n) is 16.0. The summed E-state index contributed by atoms with van der Waals surface area (Å²) >= 11 is 0. The smallest absolute Gasteiger partial charge is 0.261 e. The summed E-state index contributed by atoms with van der Waals surface area (Å²) in [6.07, 6.45) is 7.03. The van der Waals surface area contributed by atoms with Crippen LogP contribution in [0.4, 0.5) is 0 Å². The van der Waals surface area contributed by atoms with Gasteiger partial charge in [0.2, 0.25) is 0 Å². The Balaban J connectivity index is 0.930. The minimum absolute atomic E-state index is 0.00121. The van der Waals surface area contributed by atoms with E-state index in [9.17, 15) is 0 Å². The summed E-state index contributed by atoms with van der Waals surface area (Å²) in [5.74, 6) is 1.50. The number of fused-ring (bicyclic) bond motifs is 1. The van der Waals surface area contributed by atoms with E-state index in [1.165, 1.54) is 36.1 Å². The van der Waals surface area contributed by atoms with Crippen LogP contribution in [0.25, 0.3) is 11.0 Å². The topological polar surface area (TPSA) is 71.5 Å². The molecule has 0 N–H and O–H groups in total. The highest BCUT2D eigenvalue weighted by Crippen LogP contribution is 2.49. The molecule has 5 aromatic rings. The van der Waals surface area contributed by atoms with Gasteiger partial charge in [-0.25, -0.2) is 0 Å². The molecule has 1 aromatic heterocycles. The maximum Gasteiger partial charge on any atom is 0.261 e. The fourth-order valence-corrected chi connectivity index (χ4v) is 12.8. The standard InChI is InChI=1S/C44H51N3O3Si/c1-33-41(48-30-36-17-15-35(29-45)16-18-36)22-20-39-40(46-50-42(33)39)21-19-34-23-27-47(28-24-34)31-44(25-26-44)32-49-51(43(2,3)4,37-11-7-5-8-12-37)38-13-9-6-10-14-38/h5-18,20,22,34H,19,21,23-28,30-32H2,1-4H3. The Morgan fingerprint density at radius 1 is 0.902 bits per heavy atom. The number of nitrogens with zero attached hydrogens (tertiary/aromatic N) is 3. The molecule has 6 nitrogen and oxygen atoms in total. The number of piperidine rings is 1. The summed E-state index contributed by atoms with van der Waals surface area (Å²) in [6, 6.07) is 35.9. The number of likely N-dealkylation sites (tertiary alicyclic amines) is 1. The van der Waals surface area contributed by atoms with E-state index < -0.39 is 8.32 Å². The molecule has 4 aromatic carbocycles. The zero-order valence-corrected chi connectivity index (χ0v) is 31.7. The normalized spacial score (nSPS) is 16.6. The van der Waals surface area contributed by atoms with Gasteiger partial charge in [0.1, 0.15) is 12.4 Å². The van der Waals surface area contributed by atoms with Crippen LogP contribution < -0.4 is 15.1 Å². The molecule has 0 radical (unpaired) electrons. The van der Waals surface area contributed by atoms with Crippen molar-refractivity contribution in [3.8, 4) is 11.8 Å². The Kier molecular flexibility index (Phi) is 10.2. The highest BCUT2D eigenvalue weighted by Gasteiger charge is 2.53. The fraction of sp³-hybridized carbons (Fsp3) is 0.409. The van der Waals surface area contributed by atoms with Gasteiger partial charge < -0.3 is 18.6 Å². The Bertz CT molecular complexity index is 1910. The van der Waals surface area contributed by atoms with Crippen molar-refractivity contribution in [2.45, 2.75) is 77.9 Å². The van der Waals surface area contributed by atoms with Gasteiger partial charge in [-0.05, 0) is 110 Å². The van der Waals surface area contributed by atoms with Gasteiger partial charge in [-0.1, -0.05) is 98.7 Å². The number of nitriles is 1. The maximum absolute atomic E-state index is 9.05. The van der Waals surface area contributed by atoms with Gasteiger partial charge in [-0.15, -0.1) is 0 Å². The predicted molar refractivity (Wildman–Crippen MR) is 207 cm³/mol. The molecule has 2 aliphatic rings. The van der Waals surface area contributed by atoms with Crippen LogP contribution in [0, 0.1) is 29.6 Å². The van der Waals surface area contributed by atoms with Gasteiger partial charge in [-0.2, -0.15) is 5.26 Å². The number of hydrogen-bond acceptors (Lipinski definition) is 6. The average molecular weight is 698 g/mol. The largest absolute Gasteiger partial charge is 0.488 e. The number of ether oxygens (including phenoxy) is 1. The molecular weight excluding hydrogens is 647 g/mol. The first kappa shape index (κ1) is 35.2. The molecule has 0 atom stereocenters. The molecule has 51 heavy (non-hydrogen) atoms. The van der Waals surface area contributed by atoms with Crippen LogP contribution in [-0.4, -0.2) is 44.6 Å². The first-order valence-electron chi connectivity index (χ1n) is 18.7. The molecule has 1 aliphatic carbocycles. The number of benzene rings is 4. The zero-order chi connectivity index (χ0) is 35.5. The molecule has 1 saturated heterocycles. The van der Waals surface area contributed by atoms with Crippen molar-refractivity contribution < 1.29 is 13.7 Å². The average Bonchev–Trinajstić information content (AvgIpc) is 3.79. The van der Waals surface area contributed by atoms with Crippen molar-refractivity contribution in [2.75, 3.05) is 26.2 Å². The number of aryl methyl sites for hydroxylation is 2. The highest BCUT2D eigenvalue weighted by atomic mass is 28.4. The number of rotatable bonds is 13. The van der Waals surface area contributed by atoms with Crippen LogP contribution in [0.3, 0.4) is 0 Å². The van der Waals surface area contributed by atoms with Crippen molar-refractivity contribution in [3.63, 3.8) is 0 Å². The Labute approximate surface area is 304 Å². The minimum Gasteiger partial charge on any atom is -0.488 e. The minimum atomic E-state index is -2.53. The van der Waals surface area contributed by atoms with Crippen molar-refractivity contribution in [2.24, 2.45) is 11.3 Å². The van der Waals surface area contributed by atoms with E-state index in [4.69, 9.17) is 18.9 Å². The van der Waals surface area contributed by atoms with Crippen LogP contribution in [0.5, 0.6) is 5.75 Å². The molecular formula is C44H51N3O3Si. The summed E-state index contributed by atoms with van der Waals surface area (Å²) < 4.78 is 19.4. The second-order valence-corrected chi connectivity index (χ2v) is 20.3. The molecule has 0 unspecified atom stereocenters. The SMILES string of the molecule is Cc1c(OCc2ccc(C#N)cc2)ccc2c(CCC3CCN(CC4(CO[Si](c5ccccc5)(c5ccccc5)C(C)(C)C)CC4)CC3)noc12. The monoisotopic (exact) mass is 697 g/mol. The lowest BCUT2D eigenvalue weighted by molar-refractivity contribution is 0.119. The van der Waals surface area contributed by atoms with Crippen LogP contribution >= 0.6 is 0 Å². The molecule has 1 saturated carbocycles. The Morgan fingerprint density at radius 2 is 1.55 bits per heavy atom. The van der Waals surface area contributed by atoms with Crippen LogP contribution in [0.15, 0.2) is 102 Å². The third kappa shape index (κ3) is 7.55. The lowest BCUT2D eigenvalue weighted by Gasteiger charge is -2.44. The van der Waals surface area contributed by atoms with E-state index >= 15 is 0 Å². The highest BCUT2D eigenvalue weighted by molar-refractivity contribution is 6.99. The molecule has 264 valence electrons. The van der Waals surface area contributed by atoms with E-state index in [0.29, 0.717) is 18.1 Å². The van der Waals surface area contributed by atoms with Crippen LogP contribution in [-0.2, 0) is 17.5 Å². The molecule has 0 amide bonds. The van der Waals surface area contributed by atoms with Gasteiger partial charge >= 0.3 is 0 Å². The quantitative estimate of drug-likeness (QED) is 0.115. The molecule has 2 heterocycles. The zero-order valence-electron chi connectivity index (χ0n) is 30.7. The van der Waals surface area contributed by atoms with E-state index in [1.807, 2.05) is 37.3 Å². The maximum atomic E-state index is 9.05. The van der Waals surface area contributed by atoms with Gasteiger partial charge in [0.15, 0.2) is 5.58 Å². The van der Waals surface area contributed by atoms with Gasteiger partial charge in [0.25, 0.3) is 8.32 Å². The molecule has 7 rings (SSSR count). The molecule has 0 spiro atoms. The van der Waals surface area contributed by atoms with E-state index in [1.54, 1.807) is 0 Å². The molecule has 7 heteroatoms. The first-order valence-corrected chi connectivity index (χ1v) is 20.6. The fourth-order valence-electron chi connectivity index (χ4n) is 8.14. The predicted octanol–water partition coefficient (Wildman–Crippen LogP) is 8.59. The summed E-state index contributed by atoms with van der Waals surface area (Å²) in [6.45, 7) is 13.9. The van der Waals surface area contributed by atoms with Crippen LogP contribution in [0.1, 0.15) is 75.3 Å². The summed E-state index contributed by atoms with van der Waals surface area (Å²) in [4.78, 5) is 2.71. The van der Waals surface area contributed by atoms with Gasteiger partial charge in [-0.3, -0.25) is 0 Å². The van der Waals surface area contributed by atoms with Crippen molar-refractivity contribution in [1.29, 1.82) is 5.26 Å².